The van der Waals surface area contributed by atoms with Crippen LogP contribution in [0, 0.1) is 0 Å². The van der Waals surface area contributed by atoms with E-state index in [2.05, 4.69) is 0 Å². The van der Waals surface area contributed by atoms with Crippen molar-refractivity contribution in [3.63, 3.8) is 0 Å². The highest BCUT2D eigenvalue weighted by Gasteiger charge is 2.55. The van der Waals surface area contributed by atoms with Crippen LogP contribution < -0.4 is 5.73 Å². The Labute approximate surface area is 234 Å². The number of hydrogen-bond acceptors (Lipinski definition) is 16. The summed E-state index contributed by atoms with van der Waals surface area (Å²) in [4.78, 5) is 71.2. The van der Waals surface area contributed by atoms with E-state index in [4.69, 9.17) is 43.6 Å². The second-order valence-electron chi connectivity index (χ2n) is 9.14. The number of rotatable bonds is 9. The monoisotopic (exact) mass is 593 g/mol. The number of carbonyl (C=O) groups is 6. The Hall–Kier alpha value is -2.95. The van der Waals surface area contributed by atoms with Gasteiger partial charge in [0, 0.05) is 46.8 Å². The van der Waals surface area contributed by atoms with Crippen LogP contribution >= 0.6 is 11.8 Å². The summed E-state index contributed by atoms with van der Waals surface area (Å²) >= 11 is 1.07. The molecular weight excluding hydrogens is 558 g/mol. The third kappa shape index (κ3) is 9.31. The van der Waals surface area contributed by atoms with Gasteiger partial charge in [-0.15, -0.1) is 11.8 Å². The largest absolute Gasteiger partial charge is 0.463 e. The van der Waals surface area contributed by atoms with Crippen molar-refractivity contribution in [2.75, 3.05) is 6.61 Å². The first kappa shape index (κ1) is 33.3. The van der Waals surface area contributed by atoms with Crippen LogP contribution in [0.25, 0.3) is 0 Å². The van der Waals surface area contributed by atoms with Crippen LogP contribution in [-0.4, -0.2) is 102 Å². The van der Waals surface area contributed by atoms with E-state index < -0.39 is 102 Å². The fourth-order valence-corrected chi connectivity index (χ4v) is 5.61. The molecule has 2 aliphatic heterocycles. The van der Waals surface area contributed by atoms with Gasteiger partial charge in [-0.05, 0) is 6.92 Å². The van der Waals surface area contributed by atoms with Crippen LogP contribution in [-0.2, 0) is 66.7 Å². The molecule has 0 saturated carbocycles. The normalized spacial score (nSPS) is 33.6. The lowest BCUT2D eigenvalue weighted by atomic mass is 9.96. The summed E-state index contributed by atoms with van der Waals surface area (Å²) in [6.07, 6.45) is -8.77. The van der Waals surface area contributed by atoms with Crippen LogP contribution in [0.3, 0.4) is 0 Å². The Kier molecular flexibility index (Phi) is 12.2. The second kappa shape index (κ2) is 14.6. The van der Waals surface area contributed by atoms with Crippen molar-refractivity contribution in [2.45, 2.75) is 108 Å². The van der Waals surface area contributed by atoms with Crippen molar-refractivity contribution in [1.82, 2.24) is 0 Å². The van der Waals surface area contributed by atoms with Crippen molar-refractivity contribution in [3.8, 4) is 0 Å². The Bertz CT molecular complexity index is 975. The van der Waals surface area contributed by atoms with Crippen molar-refractivity contribution >= 4 is 47.6 Å². The summed E-state index contributed by atoms with van der Waals surface area (Å²) in [5.41, 5.74) is 5.13. The van der Waals surface area contributed by atoms with E-state index in [9.17, 15) is 28.8 Å². The molecule has 226 valence electrons. The van der Waals surface area contributed by atoms with Crippen molar-refractivity contribution in [1.29, 1.82) is 0 Å². The van der Waals surface area contributed by atoms with Gasteiger partial charge in [0.05, 0.1) is 0 Å². The van der Waals surface area contributed by atoms with Gasteiger partial charge in [0.25, 0.3) is 0 Å². The number of hydrogen-bond donors (Lipinski definition) is 1. The minimum absolute atomic E-state index is 0.420. The molecule has 0 aliphatic carbocycles. The zero-order chi connectivity index (χ0) is 30.3. The second-order valence-corrected chi connectivity index (χ2v) is 10.6. The predicted molar refractivity (Wildman–Crippen MR) is 133 cm³/mol. The SMILES string of the molecule is CC(=O)OC[C@H]1O[C@H](OC(C)=O)[C@H](N)[C@@H](OC(C)=O)[C@@H]1O[C@@H]1S[C@@H](C)[C@@H](OC(C)=O)[C@@H](OC(C)=O)[C@@H]1OC(C)=O. The van der Waals surface area contributed by atoms with Crippen LogP contribution in [0.5, 0.6) is 0 Å². The molecule has 2 rings (SSSR count). The van der Waals surface area contributed by atoms with Crippen molar-refractivity contribution in [2.24, 2.45) is 5.73 Å². The lowest BCUT2D eigenvalue weighted by Crippen LogP contribution is -2.66. The fourth-order valence-electron chi connectivity index (χ4n) is 4.27. The summed E-state index contributed by atoms with van der Waals surface area (Å²) in [6.45, 7) is 8.10. The lowest BCUT2D eigenvalue weighted by molar-refractivity contribution is -0.278. The molecule has 0 unspecified atom stereocenters. The molecule has 0 aromatic rings. The molecule has 0 aromatic carbocycles. The maximum Gasteiger partial charge on any atom is 0.304 e. The highest BCUT2D eigenvalue weighted by Crippen LogP contribution is 2.40. The van der Waals surface area contributed by atoms with Crippen molar-refractivity contribution < 1.29 is 66.7 Å². The minimum Gasteiger partial charge on any atom is -0.463 e. The van der Waals surface area contributed by atoms with Gasteiger partial charge in [0.2, 0.25) is 6.29 Å². The van der Waals surface area contributed by atoms with Gasteiger partial charge in [-0.1, -0.05) is 0 Å². The zero-order valence-electron chi connectivity index (χ0n) is 23.2. The molecule has 0 radical (unpaired) electrons. The number of esters is 6. The van der Waals surface area contributed by atoms with Crippen LogP contribution in [0.1, 0.15) is 48.5 Å². The summed E-state index contributed by atoms with van der Waals surface area (Å²) in [7, 11) is 0. The summed E-state index contributed by atoms with van der Waals surface area (Å²) in [6, 6.07) is -1.25. The number of nitrogens with two attached hydrogens (primary N) is 1. The maximum absolute atomic E-state index is 12.1. The standard InChI is InChI=1S/C24H35NO14S/c1-9-18(33-11(3)27)21(35-13(5)29)22(36-14(6)30)24(40-9)39-19-16(8-32-10(2)26)38-23(37-15(7)31)17(25)20(19)34-12(4)28/h9,16-24H,8,25H2,1-7H3/t9-,16+,17+,18+,19+,20+,21+,22-,23-,24+/m0/s1. The Morgan fingerprint density at radius 1 is 0.650 bits per heavy atom. The molecule has 2 saturated heterocycles. The molecule has 2 heterocycles. The fraction of sp³-hybridized carbons (Fsp3) is 0.750. The number of thioether (sulfide) groups is 1. The van der Waals surface area contributed by atoms with E-state index >= 15 is 0 Å². The van der Waals surface area contributed by atoms with E-state index in [1.54, 1.807) is 6.92 Å². The molecule has 0 bridgehead atoms. The van der Waals surface area contributed by atoms with E-state index in [1.807, 2.05) is 0 Å². The van der Waals surface area contributed by atoms with Gasteiger partial charge in [0.1, 0.15) is 30.3 Å². The van der Waals surface area contributed by atoms with Crippen LogP contribution in [0.4, 0.5) is 0 Å². The van der Waals surface area contributed by atoms with Gasteiger partial charge in [-0.2, -0.15) is 0 Å². The molecule has 0 amide bonds. The zero-order valence-corrected chi connectivity index (χ0v) is 24.0. The van der Waals surface area contributed by atoms with E-state index in [-0.39, 0.29) is 0 Å². The highest BCUT2D eigenvalue weighted by molar-refractivity contribution is 8.00. The van der Waals surface area contributed by atoms with Crippen molar-refractivity contribution in [3.05, 3.63) is 0 Å². The Morgan fingerprint density at radius 3 is 1.62 bits per heavy atom. The smallest absolute Gasteiger partial charge is 0.304 e. The molecule has 0 spiro atoms. The van der Waals surface area contributed by atoms with E-state index in [0.29, 0.717) is 0 Å². The van der Waals surface area contributed by atoms with Gasteiger partial charge < -0.3 is 43.6 Å². The number of carbonyl (C=O) groups excluding carboxylic acids is 6. The summed E-state index contributed by atoms with van der Waals surface area (Å²) < 4.78 is 44.1. The average molecular weight is 594 g/mol. The van der Waals surface area contributed by atoms with Gasteiger partial charge in [-0.3, -0.25) is 28.8 Å². The topological polar surface area (TPSA) is 202 Å². The molecule has 40 heavy (non-hydrogen) atoms. The van der Waals surface area contributed by atoms with E-state index in [0.717, 1.165) is 46.4 Å². The quantitative estimate of drug-likeness (QED) is 0.270. The van der Waals surface area contributed by atoms with Gasteiger partial charge >= 0.3 is 35.8 Å². The molecule has 15 nitrogen and oxygen atoms in total. The lowest BCUT2D eigenvalue weighted by Gasteiger charge is -2.48. The molecule has 0 aromatic heterocycles. The highest BCUT2D eigenvalue weighted by atomic mass is 32.2. The first-order chi connectivity index (χ1) is 18.6. The van der Waals surface area contributed by atoms with Crippen LogP contribution in [0.2, 0.25) is 0 Å². The molecular formula is C24H35NO14S. The molecule has 16 heteroatoms. The molecule has 10 atom stereocenters. The summed E-state index contributed by atoms with van der Waals surface area (Å²) in [5.74, 6) is -4.31. The van der Waals surface area contributed by atoms with Gasteiger partial charge in [-0.25, -0.2) is 0 Å². The average Bonchev–Trinajstić information content (AvgIpc) is 2.80. The summed E-state index contributed by atoms with van der Waals surface area (Å²) in [5, 5.41) is -0.559. The third-order valence-corrected chi connectivity index (χ3v) is 7.00. The first-order valence-corrected chi connectivity index (χ1v) is 13.3. The molecule has 2 aliphatic rings. The molecule has 2 fully saturated rings. The first-order valence-electron chi connectivity index (χ1n) is 12.3. The minimum atomic E-state index is -1.40. The third-order valence-electron chi connectivity index (χ3n) is 5.65. The Morgan fingerprint density at radius 2 is 1.12 bits per heavy atom. The molecule has 2 N–H and O–H groups in total. The van der Waals surface area contributed by atoms with E-state index in [1.165, 1.54) is 6.92 Å². The van der Waals surface area contributed by atoms with Crippen LogP contribution in [0.15, 0.2) is 0 Å². The predicted octanol–water partition coefficient (Wildman–Crippen LogP) is -0.262. The number of ether oxygens (including phenoxy) is 8. The Balaban J connectivity index is 2.53. The maximum atomic E-state index is 12.1. The van der Waals surface area contributed by atoms with Gasteiger partial charge in [0.15, 0.2) is 24.4 Å².